The van der Waals surface area contributed by atoms with Crippen molar-refractivity contribution in [2.45, 2.75) is 19.9 Å². The van der Waals surface area contributed by atoms with Crippen LogP contribution in [0.25, 0.3) is 21.7 Å². The Balaban J connectivity index is 1.66. The quantitative estimate of drug-likeness (QED) is 0.574. The number of amides is 1. The van der Waals surface area contributed by atoms with Gasteiger partial charge in [-0.05, 0) is 48.9 Å². The van der Waals surface area contributed by atoms with E-state index in [9.17, 15) is 4.79 Å². The molecule has 2 aromatic heterocycles. The van der Waals surface area contributed by atoms with Crippen molar-refractivity contribution in [3.05, 3.63) is 71.8 Å². The number of carbonyl (C=O) groups is 1. The van der Waals surface area contributed by atoms with Crippen molar-refractivity contribution < 1.29 is 9.21 Å². The van der Waals surface area contributed by atoms with Crippen LogP contribution in [0.2, 0.25) is 0 Å². The maximum absolute atomic E-state index is 12.6. The third kappa shape index (κ3) is 2.46. The summed E-state index contributed by atoms with van der Waals surface area (Å²) in [4.78, 5) is 15.8. The van der Waals surface area contributed by atoms with Gasteiger partial charge < -0.3 is 14.7 Å². The molecular weight excluding hydrogens is 300 g/mol. The molecule has 2 aromatic carbocycles. The van der Waals surface area contributed by atoms with Gasteiger partial charge in [0.15, 0.2) is 0 Å². The van der Waals surface area contributed by atoms with E-state index in [0.717, 1.165) is 33.2 Å². The summed E-state index contributed by atoms with van der Waals surface area (Å²) in [6.45, 7) is 3.80. The van der Waals surface area contributed by atoms with Gasteiger partial charge in [0, 0.05) is 10.9 Å². The summed E-state index contributed by atoms with van der Waals surface area (Å²) in [5, 5.41) is 6.33. The lowest BCUT2D eigenvalue weighted by atomic mass is 10.1. The highest BCUT2D eigenvalue weighted by molar-refractivity contribution is 6.09. The number of benzene rings is 2. The molecule has 4 rings (SSSR count). The Morgan fingerprint density at radius 3 is 2.71 bits per heavy atom. The topological polar surface area (TPSA) is 58.0 Å². The number of rotatable bonds is 3. The van der Waals surface area contributed by atoms with E-state index in [1.54, 1.807) is 0 Å². The van der Waals surface area contributed by atoms with Crippen LogP contribution in [-0.4, -0.2) is 10.9 Å². The van der Waals surface area contributed by atoms with Crippen molar-refractivity contribution in [2.24, 2.45) is 0 Å². The number of furan rings is 1. The summed E-state index contributed by atoms with van der Waals surface area (Å²) < 4.78 is 5.57. The van der Waals surface area contributed by atoms with E-state index in [-0.39, 0.29) is 11.9 Å². The predicted octanol–water partition coefficient (Wildman–Crippen LogP) is 4.71. The van der Waals surface area contributed by atoms with Gasteiger partial charge in [0.05, 0.1) is 6.04 Å². The number of H-pyrrole nitrogens is 1. The van der Waals surface area contributed by atoms with Crippen LogP contribution in [-0.2, 0) is 0 Å². The van der Waals surface area contributed by atoms with Crippen molar-refractivity contribution in [2.75, 3.05) is 0 Å². The van der Waals surface area contributed by atoms with Crippen LogP contribution in [0.4, 0.5) is 0 Å². The van der Waals surface area contributed by atoms with E-state index in [1.807, 2.05) is 50.2 Å². The number of hydrogen-bond donors (Lipinski definition) is 2. The molecule has 2 heterocycles. The molecule has 0 radical (unpaired) electrons. The minimum Gasteiger partial charge on any atom is -0.464 e. The summed E-state index contributed by atoms with van der Waals surface area (Å²) in [5.74, 6) is 1.45. The summed E-state index contributed by atoms with van der Waals surface area (Å²) in [7, 11) is 0. The second kappa shape index (κ2) is 5.57. The molecule has 2 N–H and O–H groups in total. The molecule has 0 spiro atoms. The molecule has 0 aliphatic carbocycles. The zero-order valence-electron chi connectivity index (χ0n) is 13.6. The van der Waals surface area contributed by atoms with Crippen molar-refractivity contribution in [3.8, 4) is 0 Å². The standard InChI is InChI=1S/C20H18N2O2/c1-12-7-10-19(24-12)13(2)21-20(23)18-11-16-15-6-4-3-5-14(15)8-9-17(16)22-18/h3-11,13,22H,1-2H3,(H,21,23). The second-order valence-corrected chi connectivity index (χ2v) is 6.07. The van der Waals surface area contributed by atoms with Crippen LogP contribution in [0.15, 0.2) is 59.0 Å². The molecule has 0 aliphatic heterocycles. The Labute approximate surface area is 139 Å². The van der Waals surface area contributed by atoms with E-state index in [4.69, 9.17) is 4.42 Å². The SMILES string of the molecule is Cc1ccc(C(C)NC(=O)c2cc3c(ccc4ccccc43)[nH]2)o1. The van der Waals surface area contributed by atoms with Crippen LogP contribution in [0, 0.1) is 6.92 Å². The van der Waals surface area contributed by atoms with Gasteiger partial charge in [0.1, 0.15) is 17.2 Å². The Kier molecular flexibility index (Phi) is 3.38. The first-order chi connectivity index (χ1) is 11.6. The van der Waals surface area contributed by atoms with Crippen LogP contribution < -0.4 is 5.32 Å². The first-order valence-corrected chi connectivity index (χ1v) is 7.99. The van der Waals surface area contributed by atoms with Gasteiger partial charge in [-0.25, -0.2) is 0 Å². The van der Waals surface area contributed by atoms with Gasteiger partial charge in [-0.2, -0.15) is 0 Å². The second-order valence-electron chi connectivity index (χ2n) is 6.07. The first kappa shape index (κ1) is 14.6. The zero-order chi connectivity index (χ0) is 16.7. The van der Waals surface area contributed by atoms with Crippen LogP contribution >= 0.6 is 0 Å². The van der Waals surface area contributed by atoms with Crippen LogP contribution in [0.1, 0.15) is 35.0 Å². The molecule has 24 heavy (non-hydrogen) atoms. The summed E-state index contributed by atoms with van der Waals surface area (Å²) in [6, 6.07) is 17.7. The highest BCUT2D eigenvalue weighted by atomic mass is 16.3. The Hall–Kier alpha value is -3.01. The number of aromatic amines is 1. The zero-order valence-corrected chi connectivity index (χ0v) is 13.6. The first-order valence-electron chi connectivity index (χ1n) is 7.99. The van der Waals surface area contributed by atoms with Crippen LogP contribution in [0.3, 0.4) is 0 Å². The van der Waals surface area contributed by atoms with E-state index in [2.05, 4.69) is 28.5 Å². The number of fused-ring (bicyclic) bond motifs is 3. The fourth-order valence-corrected chi connectivity index (χ4v) is 3.04. The molecule has 4 heteroatoms. The average Bonchev–Trinajstić information content (AvgIpc) is 3.21. The highest BCUT2D eigenvalue weighted by Gasteiger charge is 2.16. The van der Waals surface area contributed by atoms with Gasteiger partial charge in [-0.1, -0.05) is 30.3 Å². The highest BCUT2D eigenvalue weighted by Crippen LogP contribution is 2.26. The third-order valence-corrected chi connectivity index (χ3v) is 4.31. The number of aromatic nitrogens is 1. The van der Waals surface area contributed by atoms with Gasteiger partial charge in [0.2, 0.25) is 0 Å². The molecule has 4 aromatic rings. The Morgan fingerprint density at radius 1 is 1.08 bits per heavy atom. The van der Waals surface area contributed by atoms with Gasteiger partial charge in [-0.3, -0.25) is 4.79 Å². The molecule has 0 aliphatic rings. The summed E-state index contributed by atoms with van der Waals surface area (Å²) >= 11 is 0. The summed E-state index contributed by atoms with van der Waals surface area (Å²) in [6.07, 6.45) is 0. The van der Waals surface area contributed by atoms with E-state index < -0.39 is 0 Å². The van der Waals surface area contributed by atoms with E-state index >= 15 is 0 Å². The normalized spacial score (nSPS) is 12.6. The Bertz CT molecular complexity index is 1040. The Morgan fingerprint density at radius 2 is 1.92 bits per heavy atom. The number of nitrogens with one attached hydrogen (secondary N) is 2. The van der Waals surface area contributed by atoms with Crippen molar-refractivity contribution in [3.63, 3.8) is 0 Å². The molecule has 1 amide bonds. The lowest BCUT2D eigenvalue weighted by molar-refractivity contribution is 0.0931. The molecule has 0 bridgehead atoms. The largest absolute Gasteiger partial charge is 0.464 e. The minimum absolute atomic E-state index is 0.142. The third-order valence-electron chi connectivity index (χ3n) is 4.31. The molecular formula is C20H18N2O2. The van der Waals surface area contributed by atoms with Crippen molar-refractivity contribution >= 4 is 27.6 Å². The summed E-state index contributed by atoms with van der Waals surface area (Å²) in [5.41, 5.74) is 1.51. The molecule has 0 saturated carbocycles. The molecule has 0 fully saturated rings. The van der Waals surface area contributed by atoms with E-state index in [0.29, 0.717) is 5.69 Å². The smallest absolute Gasteiger partial charge is 0.268 e. The number of hydrogen-bond acceptors (Lipinski definition) is 2. The average molecular weight is 318 g/mol. The molecule has 4 nitrogen and oxygen atoms in total. The fourth-order valence-electron chi connectivity index (χ4n) is 3.04. The monoisotopic (exact) mass is 318 g/mol. The minimum atomic E-state index is -0.186. The predicted molar refractivity (Wildman–Crippen MR) is 95.1 cm³/mol. The maximum Gasteiger partial charge on any atom is 0.268 e. The maximum atomic E-state index is 12.6. The lowest BCUT2D eigenvalue weighted by Crippen LogP contribution is -2.26. The van der Waals surface area contributed by atoms with Crippen molar-refractivity contribution in [1.29, 1.82) is 0 Å². The van der Waals surface area contributed by atoms with Gasteiger partial charge >= 0.3 is 0 Å². The number of carbonyl (C=O) groups excluding carboxylic acids is 1. The molecule has 1 unspecified atom stereocenters. The lowest BCUT2D eigenvalue weighted by Gasteiger charge is -2.10. The van der Waals surface area contributed by atoms with Gasteiger partial charge in [-0.15, -0.1) is 0 Å². The van der Waals surface area contributed by atoms with Crippen molar-refractivity contribution in [1.82, 2.24) is 10.3 Å². The van der Waals surface area contributed by atoms with Gasteiger partial charge in [0.25, 0.3) is 5.91 Å². The van der Waals surface area contributed by atoms with E-state index in [1.165, 1.54) is 0 Å². The molecule has 0 saturated heterocycles. The molecule has 120 valence electrons. The number of aryl methyl sites for hydroxylation is 1. The fraction of sp³-hybridized carbons (Fsp3) is 0.150. The van der Waals surface area contributed by atoms with Crippen LogP contribution in [0.5, 0.6) is 0 Å². The molecule has 1 atom stereocenters.